The van der Waals surface area contributed by atoms with Crippen molar-refractivity contribution in [3.8, 4) is 5.75 Å². The first-order valence-corrected chi connectivity index (χ1v) is 8.28. The lowest BCUT2D eigenvalue weighted by atomic mass is 10.2. The van der Waals surface area contributed by atoms with Crippen LogP contribution in [-0.2, 0) is 22.7 Å². The van der Waals surface area contributed by atoms with Crippen LogP contribution >= 0.6 is 0 Å². The predicted octanol–water partition coefficient (Wildman–Crippen LogP) is 3.47. The monoisotopic (exact) mass is 357 g/mol. The molecule has 0 fully saturated rings. The molecule has 0 amide bonds. The van der Waals surface area contributed by atoms with Crippen LogP contribution in [0.15, 0.2) is 59.7 Å². The third-order valence-corrected chi connectivity index (χ3v) is 3.83. The molecule has 0 aliphatic heterocycles. The highest BCUT2D eigenvalue weighted by Gasteiger charge is 2.21. The van der Waals surface area contributed by atoms with Crippen molar-refractivity contribution in [2.75, 3.05) is 20.3 Å². The molecule has 0 bridgehead atoms. The molecule has 0 heterocycles. The molecule has 7 nitrogen and oxygen atoms in total. The van der Waals surface area contributed by atoms with Gasteiger partial charge in [-0.2, -0.15) is 0 Å². The normalized spacial score (nSPS) is 12.8. The Morgan fingerprint density at radius 1 is 1.04 bits per heavy atom. The molecule has 0 aliphatic rings. The largest absolute Gasteiger partial charge is 0.497 e. The van der Waals surface area contributed by atoms with Crippen LogP contribution in [0.5, 0.6) is 5.75 Å². The fraction of sp³-hybridized carbons (Fsp3) is 0.368. The number of ether oxygens (including phenoxy) is 3. The minimum atomic E-state index is -0.709. The van der Waals surface area contributed by atoms with E-state index in [0.717, 1.165) is 16.9 Å². The molecular formula is C19H23N3O4. The fourth-order valence-electron chi connectivity index (χ4n) is 2.36. The van der Waals surface area contributed by atoms with E-state index >= 15 is 0 Å². The Balaban J connectivity index is 1.92. The second-order valence-electron chi connectivity index (χ2n) is 5.65. The number of methoxy groups -OCH3 is 1. The van der Waals surface area contributed by atoms with E-state index in [1.165, 1.54) is 0 Å². The van der Waals surface area contributed by atoms with Crippen molar-refractivity contribution in [1.82, 2.24) is 0 Å². The molecule has 7 heteroatoms. The zero-order valence-electron chi connectivity index (χ0n) is 14.7. The Kier molecular flexibility index (Phi) is 8.45. The van der Waals surface area contributed by atoms with Crippen LogP contribution in [0.4, 0.5) is 0 Å². The summed E-state index contributed by atoms with van der Waals surface area (Å²) in [5, 5.41) is 13.1. The van der Waals surface area contributed by atoms with Crippen LogP contribution in [-0.4, -0.2) is 37.6 Å². The third kappa shape index (κ3) is 6.38. The second kappa shape index (κ2) is 11.1. The molecule has 26 heavy (non-hydrogen) atoms. The molecule has 2 atom stereocenters. The van der Waals surface area contributed by atoms with E-state index in [-0.39, 0.29) is 13.2 Å². The van der Waals surface area contributed by atoms with Gasteiger partial charge in [-0.25, -0.2) is 0 Å². The van der Waals surface area contributed by atoms with Crippen LogP contribution in [0.2, 0.25) is 0 Å². The molecule has 1 N–H and O–H groups in total. The lowest BCUT2D eigenvalue weighted by Crippen LogP contribution is -2.34. The molecule has 0 aromatic heterocycles. The average molecular weight is 357 g/mol. The molecule has 2 unspecified atom stereocenters. The number of aliphatic hydroxyl groups excluding tert-OH is 1. The molecule has 0 saturated heterocycles. The number of hydrogen-bond donors (Lipinski definition) is 1. The SMILES string of the molecule is COc1ccc(COCC(OCc2ccccc2)C(CO)N=[N+]=[N-])cc1. The van der Waals surface area contributed by atoms with Gasteiger partial charge in [0.05, 0.1) is 45.7 Å². The highest BCUT2D eigenvalue weighted by molar-refractivity contribution is 5.26. The average Bonchev–Trinajstić information content (AvgIpc) is 2.70. The number of rotatable bonds is 11. The zero-order chi connectivity index (χ0) is 18.6. The van der Waals surface area contributed by atoms with E-state index in [1.54, 1.807) is 7.11 Å². The summed E-state index contributed by atoms with van der Waals surface area (Å²) < 4.78 is 16.7. The first-order chi connectivity index (χ1) is 12.8. The van der Waals surface area contributed by atoms with Gasteiger partial charge < -0.3 is 19.3 Å². The predicted molar refractivity (Wildman–Crippen MR) is 97.7 cm³/mol. The maximum absolute atomic E-state index is 9.48. The summed E-state index contributed by atoms with van der Waals surface area (Å²) in [5.41, 5.74) is 10.7. The minimum absolute atomic E-state index is 0.198. The van der Waals surface area contributed by atoms with Gasteiger partial charge in [0.25, 0.3) is 0 Å². The van der Waals surface area contributed by atoms with Crippen molar-refractivity contribution in [3.05, 3.63) is 76.2 Å². The van der Waals surface area contributed by atoms with Crippen molar-refractivity contribution >= 4 is 0 Å². The minimum Gasteiger partial charge on any atom is -0.497 e. The van der Waals surface area contributed by atoms with Crippen molar-refractivity contribution in [2.45, 2.75) is 25.4 Å². The zero-order valence-corrected chi connectivity index (χ0v) is 14.7. The van der Waals surface area contributed by atoms with Crippen LogP contribution < -0.4 is 4.74 Å². The van der Waals surface area contributed by atoms with Crippen LogP contribution in [0.1, 0.15) is 11.1 Å². The smallest absolute Gasteiger partial charge is 0.118 e. The van der Waals surface area contributed by atoms with Crippen molar-refractivity contribution < 1.29 is 19.3 Å². The topological polar surface area (TPSA) is 96.7 Å². The summed E-state index contributed by atoms with van der Waals surface area (Å²) in [4.78, 5) is 2.78. The van der Waals surface area contributed by atoms with Crippen molar-refractivity contribution in [2.24, 2.45) is 5.11 Å². The van der Waals surface area contributed by atoms with Gasteiger partial charge in [-0.05, 0) is 28.8 Å². The summed E-state index contributed by atoms with van der Waals surface area (Å²) in [6.07, 6.45) is -0.547. The Labute approximate surface area is 152 Å². The molecule has 0 radical (unpaired) electrons. The molecule has 2 aromatic rings. The molecule has 138 valence electrons. The Hall–Kier alpha value is -2.57. The molecule has 2 rings (SSSR count). The van der Waals surface area contributed by atoms with E-state index < -0.39 is 12.1 Å². The van der Waals surface area contributed by atoms with E-state index in [4.69, 9.17) is 19.7 Å². The maximum Gasteiger partial charge on any atom is 0.118 e. The van der Waals surface area contributed by atoms with Gasteiger partial charge in [0.1, 0.15) is 5.75 Å². The van der Waals surface area contributed by atoms with Gasteiger partial charge >= 0.3 is 0 Å². The quantitative estimate of drug-likeness (QED) is 0.378. The van der Waals surface area contributed by atoms with Gasteiger partial charge in [0.15, 0.2) is 0 Å². The van der Waals surface area contributed by atoms with Crippen LogP contribution in [0, 0.1) is 0 Å². The fourth-order valence-corrected chi connectivity index (χ4v) is 2.36. The molecule has 2 aromatic carbocycles. The summed E-state index contributed by atoms with van der Waals surface area (Å²) in [6.45, 7) is 0.608. The van der Waals surface area contributed by atoms with Gasteiger partial charge in [0, 0.05) is 4.91 Å². The third-order valence-electron chi connectivity index (χ3n) is 3.83. The summed E-state index contributed by atoms with van der Waals surface area (Å²) in [7, 11) is 1.62. The lowest BCUT2D eigenvalue weighted by Gasteiger charge is -2.22. The second-order valence-corrected chi connectivity index (χ2v) is 5.65. The first kappa shape index (κ1) is 19.8. The highest BCUT2D eigenvalue weighted by atomic mass is 16.5. The van der Waals surface area contributed by atoms with E-state index in [1.807, 2.05) is 54.6 Å². The summed E-state index contributed by atoms with van der Waals surface area (Å²) in [5.74, 6) is 0.779. The maximum atomic E-state index is 9.48. The lowest BCUT2D eigenvalue weighted by molar-refractivity contribution is -0.0487. The Morgan fingerprint density at radius 3 is 2.35 bits per heavy atom. The Morgan fingerprint density at radius 2 is 1.73 bits per heavy atom. The van der Waals surface area contributed by atoms with Crippen molar-refractivity contribution in [3.63, 3.8) is 0 Å². The number of azide groups is 1. The number of nitrogens with zero attached hydrogens (tertiary/aromatic N) is 3. The van der Waals surface area contributed by atoms with E-state index in [0.29, 0.717) is 13.2 Å². The summed E-state index contributed by atoms with van der Waals surface area (Å²) in [6, 6.07) is 16.5. The van der Waals surface area contributed by atoms with Gasteiger partial charge in [-0.1, -0.05) is 47.6 Å². The van der Waals surface area contributed by atoms with Crippen molar-refractivity contribution in [1.29, 1.82) is 0 Å². The number of hydrogen-bond acceptors (Lipinski definition) is 5. The number of aliphatic hydroxyl groups is 1. The molecule has 0 aliphatic carbocycles. The van der Waals surface area contributed by atoms with Gasteiger partial charge in [0.2, 0.25) is 0 Å². The van der Waals surface area contributed by atoms with Gasteiger partial charge in [-0.15, -0.1) is 0 Å². The van der Waals surface area contributed by atoms with E-state index in [2.05, 4.69) is 10.0 Å². The Bertz CT molecular complexity index is 688. The highest BCUT2D eigenvalue weighted by Crippen LogP contribution is 2.14. The van der Waals surface area contributed by atoms with Crippen LogP contribution in [0.3, 0.4) is 0 Å². The van der Waals surface area contributed by atoms with Crippen LogP contribution in [0.25, 0.3) is 10.4 Å². The van der Waals surface area contributed by atoms with Gasteiger partial charge in [-0.3, -0.25) is 0 Å². The summed E-state index contributed by atoms with van der Waals surface area (Å²) >= 11 is 0. The molecule has 0 saturated carbocycles. The molecule has 0 spiro atoms. The number of benzene rings is 2. The van der Waals surface area contributed by atoms with E-state index in [9.17, 15) is 5.11 Å². The first-order valence-electron chi connectivity index (χ1n) is 8.28. The molecular weight excluding hydrogens is 334 g/mol. The standard InChI is InChI=1S/C19H23N3O4/c1-24-17-9-7-16(8-10-17)12-25-14-19(18(11-23)21-22-20)26-13-15-5-3-2-4-6-15/h2-10,18-19,23H,11-14H2,1H3.